The monoisotopic (exact) mass is 316 g/mol. The number of nitrogens with zero attached hydrogens (tertiary/aromatic N) is 1. The van der Waals surface area contributed by atoms with E-state index >= 15 is 0 Å². The molecule has 0 aliphatic rings. The molecule has 1 N–H and O–H groups in total. The highest BCUT2D eigenvalue weighted by molar-refractivity contribution is 9.11. The maximum absolute atomic E-state index is 6.02. The van der Waals surface area contributed by atoms with Gasteiger partial charge in [0.25, 0.3) is 0 Å². The molecule has 0 saturated carbocycles. The third-order valence-corrected chi connectivity index (χ3v) is 4.09. The molecule has 0 saturated heterocycles. The van der Waals surface area contributed by atoms with Gasteiger partial charge in [-0.05, 0) is 46.6 Å². The molecule has 2 heterocycles. The number of pyridine rings is 1. The molecule has 0 radical (unpaired) electrons. The zero-order chi connectivity index (χ0) is 11.5. The summed E-state index contributed by atoms with van der Waals surface area (Å²) < 4.78 is 1.14. The van der Waals surface area contributed by atoms with Crippen LogP contribution in [0, 0.1) is 6.92 Å². The predicted molar refractivity (Wildman–Crippen MR) is 73.3 cm³/mol. The van der Waals surface area contributed by atoms with Crippen LogP contribution >= 0.6 is 38.9 Å². The van der Waals surface area contributed by atoms with Crippen LogP contribution in [0.15, 0.2) is 28.2 Å². The second-order valence-electron chi connectivity index (χ2n) is 3.35. The van der Waals surface area contributed by atoms with Crippen LogP contribution in [0.1, 0.15) is 10.4 Å². The summed E-state index contributed by atoms with van der Waals surface area (Å²) in [6.45, 7) is 2.78. The third kappa shape index (κ3) is 2.75. The van der Waals surface area contributed by atoms with Crippen LogP contribution in [0.2, 0.25) is 5.15 Å². The second-order valence-corrected chi connectivity index (χ2v) is 6.26. The van der Waals surface area contributed by atoms with Gasteiger partial charge >= 0.3 is 0 Å². The fourth-order valence-corrected chi connectivity index (χ4v) is 3.05. The molecule has 0 unspecified atom stereocenters. The van der Waals surface area contributed by atoms with E-state index in [0.717, 1.165) is 21.6 Å². The molecule has 2 aromatic heterocycles. The molecule has 0 aliphatic carbocycles. The standard InChI is InChI=1S/C11H10BrClN2S/c1-7-4-5-14-11(13)10(7)15-6-8-2-3-9(12)16-8/h2-5,15H,6H2,1H3. The van der Waals surface area contributed by atoms with Gasteiger partial charge in [0.1, 0.15) is 0 Å². The number of hydrogen-bond donors (Lipinski definition) is 1. The Morgan fingerprint density at radius 3 is 2.88 bits per heavy atom. The molecule has 2 rings (SSSR count). The fourth-order valence-electron chi connectivity index (χ4n) is 1.36. The highest BCUT2D eigenvalue weighted by Crippen LogP contribution is 2.26. The van der Waals surface area contributed by atoms with E-state index in [4.69, 9.17) is 11.6 Å². The van der Waals surface area contributed by atoms with Gasteiger partial charge in [0.2, 0.25) is 0 Å². The first-order chi connectivity index (χ1) is 7.66. The Bertz CT molecular complexity index is 478. The zero-order valence-corrected chi connectivity index (χ0v) is 11.8. The summed E-state index contributed by atoms with van der Waals surface area (Å²) in [5.41, 5.74) is 2.02. The zero-order valence-electron chi connectivity index (χ0n) is 8.63. The number of nitrogens with one attached hydrogen (secondary N) is 1. The quantitative estimate of drug-likeness (QED) is 0.844. The summed E-state index contributed by atoms with van der Waals surface area (Å²) >= 11 is 11.2. The number of thiophene rings is 1. The first-order valence-electron chi connectivity index (χ1n) is 4.76. The van der Waals surface area contributed by atoms with Gasteiger partial charge in [-0.15, -0.1) is 11.3 Å². The Balaban J connectivity index is 2.10. The van der Waals surface area contributed by atoms with E-state index in [2.05, 4.69) is 32.3 Å². The Morgan fingerprint density at radius 2 is 2.25 bits per heavy atom. The van der Waals surface area contributed by atoms with E-state index < -0.39 is 0 Å². The summed E-state index contributed by atoms with van der Waals surface area (Å²) in [4.78, 5) is 5.31. The molecule has 16 heavy (non-hydrogen) atoms. The van der Waals surface area contributed by atoms with E-state index in [9.17, 15) is 0 Å². The van der Waals surface area contributed by atoms with Crippen molar-refractivity contribution in [1.29, 1.82) is 0 Å². The van der Waals surface area contributed by atoms with Gasteiger partial charge in [0, 0.05) is 17.6 Å². The van der Waals surface area contributed by atoms with Crippen molar-refractivity contribution in [3.63, 3.8) is 0 Å². The van der Waals surface area contributed by atoms with Gasteiger partial charge in [0.05, 0.1) is 9.47 Å². The lowest BCUT2D eigenvalue weighted by atomic mass is 10.2. The molecule has 84 valence electrons. The minimum Gasteiger partial charge on any atom is -0.377 e. The Hall–Kier alpha value is -0.580. The van der Waals surface area contributed by atoms with Crippen LogP contribution < -0.4 is 5.32 Å². The van der Waals surface area contributed by atoms with Crippen molar-refractivity contribution in [2.45, 2.75) is 13.5 Å². The molecule has 0 atom stereocenters. The van der Waals surface area contributed by atoms with Crippen LogP contribution in [0.3, 0.4) is 0 Å². The number of rotatable bonds is 3. The van der Waals surface area contributed by atoms with Crippen molar-refractivity contribution in [2.75, 3.05) is 5.32 Å². The largest absolute Gasteiger partial charge is 0.377 e. The van der Waals surface area contributed by atoms with Gasteiger partial charge in [-0.2, -0.15) is 0 Å². The maximum atomic E-state index is 6.02. The van der Waals surface area contributed by atoms with Crippen LogP contribution in [-0.2, 0) is 6.54 Å². The lowest BCUT2D eigenvalue weighted by Gasteiger charge is -2.09. The minimum absolute atomic E-state index is 0.524. The predicted octanol–water partition coefficient (Wildman–Crippen LogP) is 4.48. The van der Waals surface area contributed by atoms with E-state index in [0.29, 0.717) is 5.15 Å². The molecule has 0 fully saturated rings. The first kappa shape index (κ1) is 11.9. The molecule has 0 spiro atoms. The Morgan fingerprint density at radius 1 is 1.44 bits per heavy atom. The van der Waals surface area contributed by atoms with Crippen molar-refractivity contribution in [3.8, 4) is 0 Å². The Kier molecular flexibility index (Phi) is 3.84. The van der Waals surface area contributed by atoms with Gasteiger partial charge in [-0.1, -0.05) is 11.6 Å². The van der Waals surface area contributed by atoms with Crippen molar-refractivity contribution < 1.29 is 0 Å². The normalized spacial score (nSPS) is 10.4. The highest BCUT2D eigenvalue weighted by Gasteiger charge is 2.05. The topological polar surface area (TPSA) is 24.9 Å². The summed E-state index contributed by atoms with van der Waals surface area (Å²) in [6, 6.07) is 6.07. The molecule has 2 nitrogen and oxygen atoms in total. The first-order valence-corrected chi connectivity index (χ1v) is 6.75. The van der Waals surface area contributed by atoms with Crippen LogP contribution in [0.5, 0.6) is 0 Å². The summed E-state index contributed by atoms with van der Waals surface area (Å²) in [5, 5.41) is 3.83. The number of anilines is 1. The van der Waals surface area contributed by atoms with E-state index in [-0.39, 0.29) is 0 Å². The summed E-state index contributed by atoms with van der Waals surface area (Å²) in [7, 11) is 0. The molecule has 0 amide bonds. The molecule has 0 aromatic carbocycles. The summed E-state index contributed by atoms with van der Waals surface area (Å²) in [5.74, 6) is 0. The second kappa shape index (κ2) is 5.17. The van der Waals surface area contributed by atoms with Crippen LogP contribution in [0.4, 0.5) is 5.69 Å². The lowest BCUT2D eigenvalue weighted by molar-refractivity contribution is 1.16. The van der Waals surface area contributed by atoms with E-state index in [1.165, 1.54) is 4.88 Å². The smallest absolute Gasteiger partial charge is 0.152 e. The number of halogens is 2. The Labute approximate surface area is 112 Å². The average Bonchev–Trinajstić information content (AvgIpc) is 2.63. The summed E-state index contributed by atoms with van der Waals surface area (Å²) in [6.07, 6.45) is 1.71. The average molecular weight is 318 g/mol. The molecule has 0 aliphatic heterocycles. The molecule has 0 bridgehead atoms. The minimum atomic E-state index is 0.524. The molecular formula is C11H10BrClN2S. The highest BCUT2D eigenvalue weighted by atomic mass is 79.9. The number of hydrogen-bond acceptors (Lipinski definition) is 3. The van der Waals surface area contributed by atoms with Crippen LogP contribution in [0.25, 0.3) is 0 Å². The van der Waals surface area contributed by atoms with Gasteiger partial charge in [-0.25, -0.2) is 4.98 Å². The van der Waals surface area contributed by atoms with E-state index in [1.807, 2.05) is 19.1 Å². The van der Waals surface area contributed by atoms with Gasteiger partial charge < -0.3 is 5.32 Å². The molecule has 5 heteroatoms. The van der Waals surface area contributed by atoms with Crippen molar-refractivity contribution >= 4 is 44.6 Å². The number of aromatic nitrogens is 1. The number of aryl methyl sites for hydroxylation is 1. The SMILES string of the molecule is Cc1ccnc(Cl)c1NCc1ccc(Br)s1. The fraction of sp³-hybridized carbons (Fsp3) is 0.182. The maximum Gasteiger partial charge on any atom is 0.152 e. The van der Waals surface area contributed by atoms with E-state index in [1.54, 1.807) is 17.5 Å². The molecule has 2 aromatic rings. The third-order valence-electron chi connectivity index (χ3n) is 2.18. The van der Waals surface area contributed by atoms with Gasteiger partial charge in [-0.3, -0.25) is 0 Å². The molecular weight excluding hydrogens is 308 g/mol. The van der Waals surface area contributed by atoms with Crippen molar-refractivity contribution in [1.82, 2.24) is 4.98 Å². The van der Waals surface area contributed by atoms with Gasteiger partial charge in [0.15, 0.2) is 5.15 Å². The lowest BCUT2D eigenvalue weighted by Crippen LogP contribution is -2.00. The van der Waals surface area contributed by atoms with Crippen molar-refractivity contribution in [3.05, 3.63) is 43.8 Å². The van der Waals surface area contributed by atoms with Crippen molar-refractivity contribution in [2.24, 2.45) is 0 Å². The van der Waals surface area contributed by atoms with Crippen LogP contribution in [-0.4, -0.2) is 4.98 Å².